The highest BCUT2D eigenvalue weighted by Crippen LogP contribution is 2.38. The molecule has 0 aliphatic heterocycles. The quantitative estimate of drug-likeness (QED) is 0.636. The Labute approximate surface area is 122 Å². The van der Waals surface area contributed by atoms with Gasteiger partial charge in [0.05, 0.1) is 23.3 Å². The Morgan fingerprint density at radius 2 is 2.24 bits per heavy atom. The molecule has 1 aromatic heterocycles. The molecule has 0 saturated heterocycles. The lowest BCUT2D eigenvalue weighted by Gasteiger charge is -2.06. The molecule has 1 aliphatic carbocycles. The number of hydrogen-bond donors (Lipinski definition) is 0. The Balaban J connectivity index is 2.05. The number of fused-ring (bicyclic) bond motifs is 1. The zero-order chi connectivity index (χ0) is 14.8. The maximum absolute atomic E-state index is 11.3. The van der Waals surface area contributed by atoms with Crippen LogP contribution in [0.2, 0.25) is 0 Å². The van der Waals surface area contributed by atoms with Gasteiger partial charge in [0, 0.05) is 18.2 Å². The van der Waals surface area contributed by atoms with Gasteiger partial charge in [0.15, 0.2) is 0 Å². The van der Waals surface area contributed by atoms with Crippen LogP contribution >= 0.6 is 0 Å². The van der Waals surface area contributed by atoms with Crippen molar-refractivity contribution in [3.63, 3.8) is 0 Å². The molecule has 0 radical (unpaired) electrons. The van der Waals surface area contributed by atoms with Crippen LogP contribution in [0, 0.1) is 10.1 Å². The monoisotopic (exact) mass is 282 g/mol. The Morgan fingerprint density at radius 3 is 2.90 bits per heavy atom. The van der Waals surface area contributed by atoms with Gasteiger partial charge in [-0.25, -0.2) is 0 Å². The zero-order valence-electron chi connectivity index (χ0n) is 11.6. The summed E-state index contributed by atoms with van der Waals surface area (Å²) in [6.45, 7) is 2.33. The lowest BCUT2D eigenvalue weighted by atomic mass is 10.1. The molecule has 5 nitrogen and oxygen atoms in total. The van der Waals surface area contributed by atoms with E-state index < -0.39 is 0 Å². The highest BCUT2D eigenvalue weighted by atomic mass is 16.6. The van der Waals surface area contributed by atoms with Crippen LogP contribution in [-0.2, 0) is 6.42 Å². The van der Waals surface area contributed by atoms with Crippen molar-refractivity contribution in [2.24, 2.45) is 0 Å². The molecule has 2 aromatic rings. The molecule has 0 N–H and O–H groups in total. The van der Waals surface area contributed by atoms with E-state index in [1.165, 1.54) is 6.07 Å². The average Bonchev–Trinajstić information content (AvgIpc) is 2.91. The third-order valence-electron chi connectivity index (χ3n) is 3.43. The minimum atomic E-state index is -0.351. The summed E-state index contributed by atoms with van der Waals surface area (Å²) in [5.74, 6) is 0.529. The maximum Gasteiger partial charge on any atom is 0.277 e. The number of nitrogens with zero attached hydrogens (tertiary/aromatic N) is 2. The Bertz CT molecular complexity index is 724. The summed E-state index contributed by atoms with van der Waals surface area (Å²) >= 11 is 0. The number of rotatable bonds is 4. The highest BCUT2D eigenvalue weighted by molar-refractivity contribution is 5.89. The van der Waals surface area contributed by atoms with E-state index >= 15 is 0 Å². The maximum atomic E-state index is 11.3. The van der Waals surface area contributed by atoms with Crippen molar-refractivity contribution >= 4 is 17.3 Å². The predicted molar refractivity (Wildman–Crippen MR) is 80.1 cm³/mol. The minimum absolute atomic E-state index is 0.109. The number of benzene rings is 1. The molecule has 1 heterocycles. The van der Waals surface area contributed by atoms with Gasteiger partial charge < -0.3 is 4.74 Å². The van der Waals surface area contributed by atoms with E-state index in [1.54, 1.807) is 6.20 Å². The van der Waals surface area contributed by atoms with E-state index in [0.29, 0.717) is 18.8 Å². The van der Waals surface area contributed by atoms with Gasteiger partial charge in [0.1, 0.15) is 5.75 Å². The van der Waals surface area contributed by atoms with Gasteiger partial charge in [-0.3, -0.25) is 15.1 Å². The van der Waals surface area contributed by atoms with Crippen molar-refractivity contribution < 1.29 is 9.66 Å². The van der Waals surface area contributed by atoms with Gasteiger partial charge in [-0.2, -0.15) is 0 Å². The number of nitro groups is 1. The molecule has 0 saturated carbocycles. The summed E-state index contributed by atoms with van der Waals surface area (Å²) in [5.41, 5.74) is 3.51. The molecule has 106 valence electrons. The van der Waals surface area contributed by atoms with Crippen LogP contribution in [0.25, 0.3) is 11.6 Å². The third kappa shape index (κ3) is 2.50. The first kappa shape index (κ1) is 13.3. The molecule has 0 atom stereocenters. The van der Waals surface area contributed by atoms with Crippen LogP contribution in [-0.4, -0.2) is 16.5 Å². The molecular formula is C16H14N2O3. The van der Waals surface area contributed by atoms with Crippen molar-refractivity contribution in [3.8, 4) is 5.75 Å². The van der Waals surface area contributed by atoms with E-state index in [4.69, 9.17) is 4.74 Å². The smallest absolute Gasteiger partial charge is 0.277 e. The average molecular weight is 282 g/mol. The number of pyridine rings is 1. The molecule has 1 aromatic carbocycles. The van der Waals surface area contributed by atoms with Crippen molar-refractivity contribution in [1.82, 2.24) is 4.98 Å². The van der Waals surface area contributed by atoms with Gasteiger partial charge in [0.25, 0.3) is 5.69 Å². The van der Waals surface area contributed by atoms with E-state index in [2.05, 4.69) is 4.98 Å². The fourth-order valence-electron chi connectivity index (χ4n) is 2.53. The normalized spacial score (nSPS) is 12.7. The second-order valence-corrected chi connectivity index (χ2v) is 4.76. The molecule has 0 spiro atoms. The second-order valence-electron chi connectivity index (χ2n) is 4.76. The lowest BCUT2D eigenvalue weighted by molar-refractivity contribution is -0.385. The number of nitro benzene ring substituents is 1. The SMILES string of the molecule is CCOc1cc2c(c([N+](=O)[O-])c1)CC(c1ccccn1)=C2. The molecule has 0 fully saturated rings. The number of aromatic nitrogens is 1. The van der Waals surface area contributed by atoms with Gasteiger partial charge in [-0.15, -0.1) is 0 Å². The van der Waals surface area contributed by atoms with Gasteiger partial charge in [-0.1, -0.05) is 6.07 Å². The van der Waals surface area contributed by atoms with Crippen LogP contribution in [0.15, 0.2) is 36.5 Å². The van der Waals surface area contributed by atoms with Crippen LogP contribution < -0.4 is 4.74 Å². The standard InChI is InChI=1S/C16H14N2O3/c1-2-21-13-8-11-7-12(15-5-3-4-6-17-15)9-14(11)16(10-13)18(19)20/h3-8,10H,2,9H2,1H3. The molecule has 0 unspecified atom stereocenters. The van der Waals surface area contributed by atoms with Crippen LogP contribution in [0.3, 0.4) is 0 Å². The number of ether oxygens (including phenoxy) is 1. The van der Waals surface area contributed by atoms with Crippen LogP contribution in [0.5, 0.6) is 5.75 Å². The van der Waals surface area contributed by atoms with Gasteiger partial charge >= 0.3 is 0 Å². The third-order valence-corrected chi connectivity index (χ3v) is 3.43. The first-order valence-corrected chi connectivity index (χ1v) is 6.75. The zero-order valence-corrected chi connectivity index (χ0v) is 11.6. The van der Waals surface area contributed by atoms with E-state index in [-0.39, 0.29) is 10.6 Å². The topological polar surface area (TPSA) is 65.3 Å². The number of allylic oxidation sites excluding steroid dienone is 1. The predicted octanol–water partition coefficient (Wildman–Crippen LogP) is 3.49. The molecule has 0 bridgehead atoms. The summed E-state index contributed by atoms with van der Waals surface area (Å²) in [7, 11) is 0. The molecule has 0 amide bonds. The molecular weight excluding hydrogens is 268 g/mol. The summed E-state index contributed by atoms with van der Waals surface area (Å²) in [5, 5.41) is 11.3. The first-order chi connectivity index (χ1) is 10.2. The first-order valence-electron chi connectivity index (χ1n) is 6.75. The molecule has 5 heteroatoms. The fraction of sp³-hybridized carbons (Fsp3) is 0.188. The van der Waals surface area contributed by atoms with E-state index in [9.17, 15) is 10.1 Å². The van der Waals surface area contributed by atoms with Gasteiger partial charge in [-0.05, 0) is 42.3 Å². The summed E-state index contributed by atoms with van der Waals surface area (Å²) in [6, 6.07) is 9.01. The van der Waals surface area contributed by atoms with Crippen molar-refractivity contribution in [2.75, 3.05) is 6.61 Å². The molecule has 1 aliphatic rings. The second kappa shape index (κ2) is 5.36. The van der Waals surface area contributed by atoms with Crippen molar-refractivity contribution in [3.05, 3.63) is 63.5 Å². The minimum Gasteiger partial charge on any atom is -0.494 e. The van der Waals surface area contributed by atoms with E-state index in [1.807, 2.05) is 37.3 Å². The summed E-state index contributed by atoms with van der Waals surface area (Å²) in [6.07, 6.45) is 4.20. The van der Waals surface area contributed by atoms with Gasteiger partial charge in [0.2, 0.25) is 0 Å². The van der Waals surface area contributed by atoms with Crippen LogP contribution in [0.4, 0.5) is 5.69 Å². The molecule has 3 rings (SSSR count). The Morgan fingerprint density at radius 1 is 1.38 bits per heavy atom. The fourth-order valence-corrected chi connectivity index (χ4v) is 2.53. The summed E-state index contributed by atoms with van der Waals surface area (Å²) in [4.78, 5) is 15.2. The molecule has 21 heavy (non-hydrogen) atoms. The van der Waals surface area contributed by atoms with Crippen molar-refractivity contribution in [1.29, 1.82) is 0 Å². The largest absolute Gasteiger partial charge is 0.494 e. The lowest BCUT2D eigenvalue weighted by Crippen LogP contribution is -1.99. The van der Waals surface area contributed by atoms with Crippen molar-refractivity contribution in [2.45, 2.75) is 13.3 Å². The highest BCUT2D eigenvalue weighted by Gasteiger charge is 2.25. The number of hydrogen-bond acceptors (Lipinski definition) is 4. The summed E-state index contributed by atoms with van der Waals surface area (Å²) < 4.78 is 5.41. The van der Waals surface area contributed by atoms with E-state index in [0.717, 1.165) is 22.4 Å². The van der Waals surface area contributed by atoms with Crippen LogP contribution in [0.1, 0.15) is 23.7 Å². The Hall–Kier alpha value is -2.69. The Kier molecular flexibility index (Phi) is 3.39.